The maximum Gasteiger partial charge on any atom is 0.315 e. The molecule has 0 aromatic carbocycles. The van der Waals surface area contributed by atoms with E-state index in [1.54, 1.807) is 6.20 Å². The number of amides is 2. The molecular weight excluding hydrogens is 268 g/mol. The van der Waals surface area contributed by atoms with Gasteiger partial charge in [0.1, 0.15) is 0 Å². The number of hydrogen-bond acceptors (Lipinski definition) is 3. The minimum atomic E-state index is -0.132. The summed E-state index contributed by atoms with van der Waals surface area (Å²) in [6.07, 6.45) is 7.90. The number of aliphatic hydroxyl groups is 1. The van der Waals surface area contributed by atoms with Gasteiger partial charge in [-0.25, -0.2) is 4.79 Å². The summed E-state index contributed by atoms with van der Waals surface area (Å²) in [5, 5.41) is 19.4. The number of nitrogens with zero attached hydrogens (tertiary/aromatic N) is 2. The van der Waals surface area contributed by atoms with E-state index in [1.807, 2.05) is 16.9 Å². The van der Waals surface area contributed by atoms with Crippen LogP contribution in [-0.4, -0.2) is 40.1 Å². The maximum atomic E-state index is 12.0. The third-order valence-corrected chi connectivity index (χ3v) is 4.13. The zero-order valence-electron chi connectivity index (χ0n) is 12.7. The smallest absolute Gasteiger partial charge is 0.315 e. The van der Waals surface area contributed by atoms with E-state index in [0.29, 0.717) is 12.5 Å². The first-order valence-corrected chi connectivity index (χ1v) is 7.81. The molecule has 6 heteroatoms. The third-order valence-electron chi connectivity index (χ3n) is 4.13. The average Bonchev–Trinajstić information content (AvgIpc) is 2.98. The minimum absolute atomic E-state index is 0.102. The van der Waals surface area contributed by atoms with E-state index in [2.05, 4.69) is 22.7 Å². The molecule has 0 aliphatic heterocycles. The lowest BCUT2D eigenvalue weighted by Crippen LogP contribution is -2.48. The summed E-state index contributed by atoms with van der Waals surface area (Å²) in [6, 6.07) is 1.86. The topological polar surface area (TPSA) is 79.2 Å². The van der Waals surface area contributed by atoms with Crippen LogP contribution in [0, 0.1) is 11.8 Å². The molecule has 0 bridgehead atoms. The fourth-order valence-electron chi connectivity index (χ4n) is 2.89. The van der Waals surface area contributed by atoms with Crippen molar-refractivity contribution in [2.75, 3.05) is 13.2 Å². The Kier molecular flexibility index (Phi) is 6.04. The Morgan fingerprint density at radius 3 is 3.00 bits per heavy atom. The van der Waals surface area contributed by atoms with Crippen LogP contribution in [0.2, 0.25) is 0 Å². The second kappa shape index (κ2) is 8.02. The third kappa shape index (κ3) is 5.04. The van der Waals surface area contributed by atoms with E-state index in [4.69, 9.17) is 0 Å². The van der Waals surface area contributed by atoms with Gasteiger partial charge in [-0.2, -0.15) is 5.10 Å². The maximum absolute atomic E-state index is 12.0. The number of rotatable bonds is 6. The van der Waals surface area contributed by atoms with Crippen molar-refractivity contribution < 1.29 is 9.90 Å². The van der Waals surface area contributed by atoms with E-state index in [1.165, 1.54) is 0 Å². The number of carbonyl (C=O) groups is 1. The van der Waals surface area contributed by atoms with Crippen LogP contribution in [0.3, 0.4) is 0 Å². The van der Waals surface area contributed by atoms with Crippen molar-refractivity contribution in [3.05, 3.63) is 18.5 Å². The van der Waals surface area contributed by atoms with Crippen molar-refractivity contribution in [2.24, 2.45) is 11.8 Å². The monoisotopic (exact) mass is 294 g/mol. The van der Waals surface area contributed by atoms with Gasteiger partial charge < -0.3 is 15.7 Å². The molecule has 1 heterocycles. The fraction of sp³-hybridized carbons (Fsp3) is 0.733. The summed E-state index contributed by atoms with van der Waals surface area (Å²) in [5.41, 5.74) is 0. The molecule has 2 amide bonds. The van der Waals surface area contributed by atoms with Gasteiger partial charge in [-0.05, 0) is 24.8 Å². The van der Waals surface area contributed by atoms with Crippen LogP contribution < -0.4 is 10.6 Å². The molecule has 3 unspecified atom stereocenters. The van der Waals surface area contributed by atoms with Gasteiger partial charge in [-0.3, -0.25) is 4.68 Å². The number of aliphatic hydroxyl groups excluding tert-OH is 1. The summed E-state index contributed by atoms with van der Waals surface area (Å²) in [6.45, 7) is 3.64. The minimum Gasteiger partial charge on any atom is -0.396 e. The normalized spacial score (nSPS) is 23.5. The molecule has 3 atom stereocenters. The van der Waals surface area contributed by atoms with Gasteiger partial charge in [0.05, 0.1) is 0 Å². The number of hydrogen-bond donors (Lipinski definition) is 3. The van der Waals surface area contributed by atoms with Crippen LogP contribution in [0.1, 0.15) is 32.6 Å². The Balaban J connectivity index is 1.69. The van der Waals surface area contributed by atoms with E-state index >= 15 is 0 Å². The number of nitrogens with one attached hydrogen (secondary N) is 2. The predicted octanol–water partition coefficient (Wildman–Crippen LogP) is 1.37. The molecule has 0 radical (unpaired) electrons. The lowest BCUT2D eigenvalue weighted by Gasteiger charge is -2.31. The van der Waals surface area contributed by atoms with Gasteiger partial charge in [-0.1, -0.05) is 19.8 Å². The first-order chi connectivity index (χ1) is 10.2. The van der Waals surface area contributed by atoms with Crippen molar-refractivity contribution in [1.82, 2.24) is 20.4 Å². The molecule has 21 heavy (non-hydrogen) atoms. The van der Waals surface area contributed by atoms with Crippen molar-refractivity contribution in [2.45, 2.75) is 45.2 Å². The van der Waals surface area contributed by atoms with Gasteiger partial charge >= 0.3 is 6.03 Å². The summed E-state index contributed by atoms with van der Waals surface area (Å²) in [5.74, 6) is 0.515. The van der Waals surface area contributed by atoms with E-state index in [9.17, 15) is 9.90 Å². The molecule has 0 saturated heterocycles. The van der Waals surface area contributed by atoms with Crippen molar-refractivity contribution >= 4 is 6.03 Å². The Labute approximate surface area is 125 Å². The largest absolute Gasteiger partial charge is 0.396 e. The Hall–Kier alpha value is -1.56. The Morgan fingerprint density at radius 2 is 2.29 bits per heavy atom. The standard InChI is InChI=1S/C15H26N4O2/c1-12(10-19-8-4-7-17-19)9-16-15(21)18-14-6-3-2-5-13(14)11-20/h4,7-8,12-14,20H,2-3,5-6,9-11H2,1H3,(H2,16,18,21). The van der Waals surface area contributed by atoms with E-state index < -0.39 is 0 Å². The van der Waals surface area contributed by atoms with Gasteiger partial charge in [0.2, 0.25) is 0 Å². The quantitative estimate of drug-likeness (QED) is 0.741. The molecule has 1 aromatic rings. The van der Waals surface area contributed by atoms with Crippen molar-refractivity contribution in [3.63, 3.8) is 0 Å². The van der Waals surface area contributed by atoms with Crippen LogP contribution in [0.4, 0.5) is 4.79 Å². The summed E-state index contributed by atoms with van der Waals surface area (Å²) >= 11 is 0. The molecule has 118 valence electrons. The van der Waals surface area contributed by atoms with Crippen LogP contribution in [0.15, 0.2) is 18.5 Å². The van der Waals surface area contributed by atoms with Crippen molar-refractivity contribution in [3.8, 4) is 0 Å². The Bertz CT molecular complexity index is 421. The molecule has 1 saturated carbocycles. The van der Waals surface area contributed by atoms with Gasteiger partial charge in [0.25, 0.3) is 0 Å². The molecule has 1 aliphatic rings. The average molecular weight is 294 g/mol. The zero-order chi connectivity index (χ0) is 15.1. The highest BCUT2D eigenvalue weighted by Crippen LogP contribution is 2.23. The number of carbonyl (C=O) groups excluding carboxylic acids is 1. The molecule has 1 aromatic heterocycles. The lowest BCUT2D eigenvalue weighted by atomic mass is 9.85. The number of aromatic nitrogens is 2. The summed E-state index contributed by atoms with van der Waals surface area (Å²) < 4.78 is 1.87. The molecule has 3 N–H and O–H groups in total. The van der Waals surface area contributed by atoms with Crippen LogP contribution >= 0.6 is 0 Å². The van der Waals surface area contributed by atoms with Crippen molar-refractivity contribution in [1.29, 1.82) is 0 Å². The molecule has 6 nitrogen and oxygen atoms in total. The highest BCUT2D eigenvalue weighted by atomic mass is 16.3. The second-order valence-electron chi connectivity index (χ2n) is 6.02. The summed E-state index contributed by atoms with van der Waals surface area (Å²) in [7, 11) is 0. The van der Waals surface area contributed by atoms with Gasteiger partial charge in [-0.15, -0.1) is 0 Å². The molecule has 1 aliphatic carbocycles. The van der Waals surface area contributed by atoms with E-state index in [0.717, 1.165) is 32.2 Å². The molecule has 1 fully saturated rings. The second-order valence-corrected chi connectivity index (χ2v) is 6.02. The first-order valence-electron chi connectivity index (χ1n) is 7.81. The highest BCUT2D eigenvalue weighted by molar-refractivity contribution is 5.74. The van der Waals surface area contributed by atoms with Crippen LogP contribution in [-0.2, 0) is 6.54 Å². The summed E-state index contributed by atoms with van der Waals surface area (Å²) in [4.78, 5) is 12.0. The number of urea groups is 1. The molecule has 0 spiro atoms. The first kappa shape index (κ1) is 15.8. The highest BCUT2D eigenvalue weighted by Gasteiger charge is 2.25. The van der Waals surface area contributed by atoms with Crippen LogP contribution in [0.25, 0.3) is 0 Å². The molecule has 2 rings (SSSR count). The predicted molar refractivity (Wildman–Crippen MR) is 80.8 cm³/mol. The van der Waals surface area contributed by atoms with Gasteiger partial charge in [0, 0.05) is 44.0 Å². The zero-order valence-corrected chi connectivity index (χ0v) is 12.7. The van der Waals surface area contributed by atoms with E-state index in [-0.39, 0.29) is 24.6 Å². The fourth-order valence-corrected chi connectivity index (χ4v) is 2.89. The Morgan fingerprint density at radius 1 is 1.48 bits per heavy atom. The lowest BCUT2D eigenvalue weighted by molar-refractivity contribution is 0.153. The molecular formula is C15H26N4O2. The van der Waals surface area contributed by atoms with Gasteiger partial charge in [0.15, 0.2) is 0 Å². The van der Waals surface area contributed by atoms with Crippen LogP contribution in [0.5, 0.6) is 0 Å². The SMILES string of the molecule is CC(CNC(=O)NC1CCCCC1CO)Cn1cccn1.